The Kier molecular flexibility index (Phi) is 4.04. The van der Waals surface area contributed by atoms with Gasteiger partial charge in [-0.3, -0.25) is 0 Å². The fourth-order valence-electron chi connectivity index (χ4n) is 0.355. The van der Waals surface area contributed by atoms with Crippen LogP contribution in [0, 0.1) is 0 Å². The lowest BCUT2D eigenvalue weighted by atomic mass is 10.4. The highest BCUT2D eigenvalue weighted by Crippen LogP contribution is 1.85. The van der Waals surface area contributed by atoms with Gasteiger partial charge in [0.15, 0.2) is 0 Å². The van der Waals surface area contributed by atoms with Crippen molar-refractivity contribution in [2.75, 3.05) is 0 Å². The van der Waals surface area contributed by atoms with E-state index in [1.54, 1.807) is 19.9 Å². The third kappa shape index (κ3) is 4.90. The van der Waals surface area contributed by atoms with Crippen molar-refractivity contribution in [2.24, 2.45) is 5.73 Å². The highest BCUT2D eigenvalue weighted by molar-refractivity contribution is 5.82. The topological polar surface area (TPSA) is 52.3 Å². The zero-order valence-electron chi connectivity index (χ0n) is 6.13. The van der Waals surface area contributed by atoms with Gasteiger partial charge in [0.25, 0.3) is 0 Å². The first-order valence-electron chi connectivity index (χ1n) is 2.92. The molecule has 0 aromatic carbocycles. The van der Waals surface area contributed by atoms with Crippen LogP contribution in [0.5, 0.6) is 0 Å². The minimum atomic E-state index is -0.446. The van der Waals surface area contributed by atoms with Crippen LogP contribution in [0.25, 0.3) is 0 Å². The van der Waals surface area contributed by atoms with Crippen LogP contribution >= 0.6 is 0 Å². The third-order valence-corrected chi connectivity index (χ3v) is 0.666. The lowest BCUT2D eigenvalue weighted by molar-refractivity contribution is -0.132. The van der Waals surface area contributed by atoms with Gasteiger partial charge in [-0.05, 0) is 13.8 Å². The number of hydrogen-bond acceptors (Lipinski definition) is 3. The number of hydrogen-bond donors (Lipinski definition) is 1. The standard InChI is InChI=1S/C7H11NO2/c1-3-4-10-7(9)5-6(2)8/h3-5H,8H2,1-2H3. The molecule has 2 N–H and O–H groups in total. The van der Waals surface area contributed by atoms with E-state index in [1.807, 2.05) is 0 Å². The molecule has 0 fully saturated rings. The van der Waals surface area contributed by atoms with Crippen molar-refractivity contribution in [1.82, 2.24) is 0 Å². The number of carbonyl (C=O) groups excluding carboxylic acids is 1. The van der Waals surface area contributed by atoms with Crippen molar-refractivity contribution >= 4 is 5.97 Å². The predicted molar refractivity (Wildman–Crippen MR) is 38.9 cm³/mol. The molecule has 0 aliphatic rings. The number of carbonyl (C=O) groups is 1. The molecule has 3 heteroatoms. The van der Waals surface area contributed by atoms with Crippen LogP contribution in [0.4, 0.5) is 0 Å². The molecule has 0 bridgehead atoms. The van der Waals surface area contributed by atoms with E-state index in [9.17, 15) is 4.79 Å². The molecule has 0 spiro atoms. The van der Waals surface area contributed by atoms with Crippen molar-refractivity contribution < 1.29 is 9.53 Å². The zero-order chi connectivity index (χ0) is 7.98. The summed E-state index contributed by atoms with van der Waals surface area (Å²) >= 11 is 0. The van der Waals surface area contributed by atoms with Crippen molar-refractivity contribution in [3.05, 3.63) is 24.1 Å². The van der Waals surface area contributed by atoms with Gasteiger partial charge in [0.05, 0.1) is 6.26 Å². The first-order chi connectivity index (χ1) is 4.66. The number of nitrogens with two attached hydrogens (primary N) is 1. The minimum absolute atomic E-state index is 0.439. The van der Waals surface area contributed by atoms with Crippen LogP contribution in [0.1, 0.15) is 13.8 Å². The van der Waals surface area contributed by atoms with E-state index >= 15 is 0 Å². The molecular weight excluding hydrogens is 130 g/mol. The molecular formula is C7H11NO2. The molecule has 0 aromatic heterocycles. The molecule has 0 aliphatic heterocycles. The summed E-state index contributed by atoms with van der Waals surface area (Å²) in [7, 11) is 0. The van der Waals surface area contributed by atoms with E-state index in [4.69, 9.17) is 5.73 Å². The number of allylic oxidation sites excluding steroid dienone is 2. The Morgan fingerprint density at radius 2 is 2.20 bits per heavy atom. The highest BCUT2D eigenvalue weighted by atomic mass is 16.5. The second kappa shape index (κ2) is 4.61. The first-order valence-corrected chi connectivity index (χ1v) is 2.92. The summed E-state index contributed by atoms with van der Waals surface area (Å²) in [6.07, 6.45) is 4.15. The maximum absolute atomic E-state index is 10.6. The summed E-state index contributed by atoms with van der Waals surface area (Å²) < 4.78 is 4.53. The number of esters is 1. The van der Waals surface area contributed by atoms with E-state index in [2.05, 4.69) is 4.74 Å². The molecule has 0 atom stereocenters. The van der Waals surface area contributed by atoms with Crippen LogP contribution < -0.4 is 5.73 Å². The maximum atomic E-state index is 10.6. The van der Waals surface area contributed by atoms with E-state index in [0.717, 1.165) is 0 Å². The van der Waals surface area contributed by atoms with E-state index < -0.39 is 5.97 Å². The van der Waals surface area contributed by atoms with Gasteiger partial charge in [-0.15, -0.1) is 0 Å². The van der Waals surface area contributed by atoms with Crippen LogP contribution in [-0.2, 0) is 9.53 Å². The molecule has 10 heavy (non-hydrogen) atoms. The molecule has 0 amide bonds. The molecule has 0 heterocycles. The van der Waals surface area contributed by atoms with E-state index in [1.165, 1.54) is 12.3 Å². The Bertz CT molecular complexity index is 166. The minimum Gasteiger partial charge on any atom is -0.432 e. The average Bonchev–Trinajstić information content (AvgIpc) is 1.82. The Balaban J connectivity index is 3.76. The van der Waals surface area contributed by atoms with Gasteiger partial charge in [-0.2, -0.15) is 0 Å². The van der Waals surface area contributed by atoms with Crippen molar-refractivity contribution in [3.63, 3.8) is 0 Å². The fraction of sp³-hybridized carbons (Fsp3) is 0.286. The fourth-order valence-corrected chi connectivity index (χ4v) is 0.355. The molecule has 0 unspecified atom stereocenters. The summed E-state index contributed by atoms with van der Waals surface area (Å²) in [5, 5.41) is 0. The average molecular weight is 141 g/mol. The van der Waals surface area contributed by atoms with Crippen molar-refractivity contribution in [1.29, 1.82) is 0 Å². The smallest absolute Gasteiger partial charge is 0.337 e. The highest BCUT2D eigenvalue weighted by Gasteiger charge is 1.92. The molecule has 56 valence electrons. The summed E-state index contributed by atoms with van der Waals surface area (Å²) in [6.45, 7) is 3.38. The van der Waals surface area contributed by atoms with Gasteiger partial charge in [0.1, 0.15) is 0 Å². The van der Waals surface area contributed by atoms with Gasteiger partial charge < -0.3 is 10.5 Å². The van der Waals surface area contributed by atoms with Gasteiger partial charge in [0.2, 0.25) is 0 Å². The zero-order valence-corrected chi connectivity index (χ0v) is 6.13. The summed E-state index contributed by atoms with van der Waals surface area (Å²) in [4.78, 5) is 10.6. The first kappa shape index (κ1) is 8.75. The molecule has 0 rings (SSSR count). The Morgan fingerprint density at radius 1 is 1.60 bits per heavy atom. The van der Waals surface area contributed by atoms with Gasteiger partial charge in [-0.1, -0.05) is 6.08 Å². The molecule has 0 saturated heterocycles. The van der Waals surface area contributed by atoms with Gasteiger partial charge in [-0.25, -0.2) is 4.79 Å². The Morgan fingerprint density at radius 3 is 2.60 bits per heavy atom. The second-order valence-electron chi connectivity index (χ2n) is 1.79. The third-order valence-electron chi connectivity index (χ3n) is 0.666. The molecule has 3 nitrogen and oxygen atoms in total. The molecule has 0 radical (unpaired) electrons. The SMILES string of the molecule is CC=COC(=O)C=C(C)N. The maximum Gasteiger partial charge on any atom is 0.337 e. The van der Waals surface area contributed by atoms with Crippen LogP contribution in [0.15, 0.2) is 24.1 Å². The van der Waals surface area contributed by atoms with Crippen molar-refractivity contribution in [2.45, 2.75) is 13.8 Å². The van der Waals surface area contributed by atoms with Crippen LogP contribution in [0.2, 0.25) is 0 Å². The summed E-state index contributed by atoms with van der Waals surface area (Å²) in [5.74, 6) is -0.446. The Hall–Kier alpha value is -1.25. The number of rotatable bonds is 2. The molecule has 0 aliphatic carbocycles. The lowest BCUT2D eigenvalue weighted by Crippen LogP contribution is -1.99. The van der Waals surface area contributed by atoms with E-state index in [0.29, 0.717) is 5.70 Å². The second-order valence-corrected chi connectivity index (χ2v) is 1.79. The molecule has 0 saturated carbocycles. The van der Waals surface area contributed by atoms with Gasteiger partial charge in [0, 0.05) is 11.8 Å². The largest absolute Gasteiger partial charge is 0.432 e. The van der Waals surface area contributed by atoms with Crippen LogP contribution in [-0.4, -0.2) is 5.97 Å². The summed E-state index contributed by atoms with van der Waals surface area (Å²) in [6, 6.07) is 0. The van der Waals surface area contributed by atoms with Gasteiger partial charge >= 0.3 is 5.97 Å². The normalized spacial score (nSPS) is 12.0. The Labute approximate surface area is 60.2 Å². The molecule has 0 aromatic rings. The monoisotopic (exact) mass is 141 g/mol. The number of ether oxygens (including phenoxy) is 1. The van der Waals surface area contributed by atoms with E-state index in [-0.39, 0.29) is 0 Å². The quantitative estimate of drug-likeness (QED) is 0.353. The van der Waals surface area contributed by atoms with Crippen molar-refractivity contribution in [3.8, 4) is 0 Å². The van der Waals surface area contributed by atoms with Crippen LogP contribution in [0.3, 0.4) is 0 Å². The predicted octanol–water partition coefficient (Wildman–Crippen LogP) is 0.926. The lowest BCUT2D eigenvalue weighted by Gasteiger charge is -1.91. The summed E-state index contributed by atoms with van der Waals surface area (Å²) in [5.41, 5.74) is 5.64.